The Bertz CT molecular complexity index is 955. The standard InChI is InChI=1S/C27H37NO5/c1-5-6-7-13-23(29)20-18-19-11-8-9-12-21(19)28-22(20)16-17-25-24(32-27(2,3)33-25)14-10-15-26(30)31-4/h8-9,11-12,16-18,23-25,29H,5-7,10,13-15H2,1-4H3/b17-16+/t23-,24+,25-/m1/s1. The smallest absolute Gasteiger partial charge is 0.305 e. The molecular formula is C27H37NO5. The van der Waals surface area contributed by atoms with E-state index in [1.165, 1.54) is 7.11 Å². The highest BCUT2D eigenvalue weighted by molar-refractivity contribution is 5.81. The summed E-state index contributed by atoms with van der Waals surface area (Å²) in [5.74, 6) is -0.924. The number of fused-ring (bicyclic) bond motifs is 1. The van der Waals surface area contributed by atoms with Crippen LogP contribution in [0.3, 0.4) is 0 Å². The van der Waals surface area contributed by atoms with Crippen molar-refractivity contribution in [2.24, 2.45) is 0 Å². The number of esters is 1. The molecule has 0 unspecified atom stereocenters. The zero-order valence-corrected chi connectivity index (χ0v) is 20.3. The molecule has 6 heteroatoms. The Morgan fingerprint density at radius 1 is 1.24 bits per heavy atom. The van der Waals surface area contributed by atoms with Crippen molar-refractivity contribution in [1.29, 1.82) is 0 Å². The van der Waals surface area contributed by atoms with E-state index in [1.54, 1.807) is 0 Å². The highest BCUT2D eigenvalue weighted by Gasteiger charge is 2.39. The average Bonchev–Trinajstić information content (AvgIpc) is 3.10. The zero-order valence-electron chi connectivity index (χ0n) is 20.3. The first kappa shape index (κ1) is 25.3. The molecular weight excluding hydrogens is 418 g/mol. The van der Waals surface area contributed by atoms with Crippen LogP contribution in [0.2, 0.25) is 0 Å². The number of hydrogen-bond donors (Lipinski definition) is 1. The van der Waals surface area contributed by atoms with E-state index in [9.17, 15) is 9.90 Å². The number of carbonyl (C=O) groups excluding carboxylic acids is 1. The van der Waals surface area contributed by atoms with E-state index >= 15 is 0 Å². The lowest BCUT2D eigenvalue weighted by Gasteiger charge is -2.16. The molecule has 2 heterocycles. The number of nitrogens with zero attached hydrogens (tertiary/aromatic N) is 1. The van der Waals surface area contributed by atoms with Gasteiger partial charge in [-0.25, -0.2) is 4.98 Å². The van der Waals surface area contributed by atoms with Crippen molar-refractivity contribution in [1.82, 2.24) is 4.98 Å². The fraction of sp³-hybridized carbons (Fsp3) is 0.556. The molecule has 33 heavy (non-hydrogen) atoms. The molecule has 6 nitrogen and oxygen atoms in total. The molecule has 1 aromatic carbocycles. The minimum Gasteiger partial charge on any atom is -0.469 e. The second-order valence-corrected chi connectivity index (χ2v) is 9.13. The molecule has 1 saturated heterocycles. The van der Waals surface area contributed by atoms with Crippen molar-refractivity contribution < 1.29 is 24.1 Å². The molecule has 3 rings (SSSR count). The van der Waals surface area contributed by atoms with Gasteiger partial charge in [-0.15, -0.1) is 0 Å². The topological polar surface area (TPSA) is 77.9 Å². The number of aliphatic hydroxyl groups excluding tert-OH is 1. The number of benzene rings is 1. The average molecular weight is 456 g/mol. The first-order chi connectivity index (χ1) is 15.8. The van der Waals surface area contributed by atoms with Gasteiger partial charge in [0, 0.05) is 17.4 Å². The van der Waals surface area contributed by atoms with Gasteiger partial charge in [0.05, 0.1) is 30.5 Å². The fourth-order valence-corrected chi connectivity index (χ4v) is 4.28. The molecule has 0 bridgehead atoms. The van der Waals surface area contributed by atoms with Gasteiger partial charge in [-0.05, 0) is 51.3 Å². The van der Waals surface area contributed by atoms with Crippen LogP contribution in [0.5, 0.6) is 0 Å². The minimum absolute atomic E-state index is 0.167. The van der Waals surface area contributed by atoms with Crippen molar-refractivity contribution in [3.8, 4) is 0 Å². The quantitative estimate of drug-likeness (QED) is 0.345. The second kappa shape index (κ2) is 11.7. The molecule has 180 valence electrons. The lowest BCUT2D eigenvalue weighted by molar-refractivity contribution is -0.144. The van der Waals surface area contributed by atoms with Crippen LogP contribution in [0.4, 0.5) is 0 Å². The highest BCUT2D eigenvalue weighted by atomic mass is 16.7. The van der Waals surface area contributed by atoms with E-state index in [0.29, 0.717) is 25.7 Å². The van der Waals surface area contributed by atoms with Crippen LogP contribution in [0.25, 0.3) is 17.0 Å². The summed E-state index contributed by atoms with van der Waals surface area (Å²) in [5, 5.41) is 11.9. The van der Waals surface area contributed by atoms with Crippen LogP contribution < -0.4 is 0 Å². The number of ether oxygens (including phenoxy) is 3. The maximum absolute atomic E-state index is 11.5. The van der Waals surface area contributed by atoms with Crippen molar-refractivity contribution >= 4 is 22.9 Å². The molecule has 1 N–H and O–H groups in total. The molecule has 3 atom stereocenters. The number of aliphatic hydroxyl groups is 1. The first-order valence-corrected chi connectivity index (χ1v) is 12.0. The summed E-state index contributed by atoms with van der Waals surface area (Å²) >= 11 is 0. The van der Waals surface area contributed by atoms with Gasteiger partial charge in [0.1, 0.15) is 6.10 Å². The van der Waals surface area contributed by atoms with Gasteiger partial charge in [-0.3, -0.25) is 4.79 Å². The van der Waals surface area contributed by atoms with Crippen LogP contribution in [0.1, 0.15) is 83.1 Å². The SMILES string of the molecule is CCCCC[C@@H](O)c1cc2ccccc2nc1/C=C/[C@H]1OC(C)(C)O[C@H]1CCCC(=O)OC. The highest BCUT2D eigenvalue weighted by Crippen LogP contribution is 2.33. The fourth-order valence-electron chi connectivity index (χ4n) is 4.28. The number of carbonyl (C=O) groups is 1. The van der Waals surface area contributed by atoms with Gasteiger partial charge < -0.3 is 19.3 Å². The molecule has 2 aromatic rings. The zero-order chi connectivity index (χ0) is 23.8. The predicted molar refractivity (Wildman–Crippen MR) is 130 cm³/mol. The monoisotopic (exact) mass is 455 g/mol. The van der Waals surface area contributed by atoms with E-state index < -0.39 is 11.9 Å². The van der Waals surface area contributed by atoms with Crippen molar-refractivity contribution in [3.63, 3.8) is 0 Å². The van der Waals surface area contributed by atoms with Gasteiger partial charge >= 0.3 is 5.97 Å². The van der Waals surface area contributed by atoms with Crippen LogP contribution >= 0.6 is 0 Å². The van der Waals surface area contributed by atoms with E-state index in [2.05, 4.69) is 6.92 Å². The normalized spacial score (nSPS) is 21.0. The molecule has 0 aliphatic carbocycles. The number of aromatic nitrogens is 1. The Hall–Kier alpha value is -2.28. The van der Waals surface area contributed by atoms with Gasteiger partial charge in [0.15, 0.2) is 5.79 Å². The first-order valence-electron chi connectivity index (χ1n) is 12.0. The number of methoxy groups -OCH3 is 1. The Morgan fingerprint density at radius 2 is 2.03 bits per heavy atom. The van der Waals surface area contributed by atoms with Gasteiger partial charge in [0.2, 0.25) is 0 Å². The number of rotatable bonds is 11. The molecule has 0 spiro atoms. The number of pyridine rings is 1. The molecule has 1 aromatic heterocycles. The van der Waals surface area contributed by atoms with E-state index in [4.69, 9.17) is 19.2 Å². The van der Waals surface area contributed by atoms with E-state index in [-0.39, 0.29) is 18.2 Å². The third-order valence-corrected chi connectivity index (χ3v) is 5.99. The summed E-state index contributed by atoms with van der Waals surface area (Å²) < 4.78 is 16.9. The molecule has 1 fully saturated rings. The maximum Gasteiger partial charge on any atom is 0.305 e. The largest absolute Gasteiger partial charge is 0.469 e. The van der Waals surface area contributed by atoms with E-state index in [0.717, 1.165) is 41.4 Å². The molecule has 0 amide bonds. The van der Waals surface area contributed by atoms with Crippen molar-refractivity contribution in [3.05, 3.63) is 47.7 Å². The second-order valence-electron chi connectivity index (χ2n) is 9.13. The summed E-state index contributed by atoms with van der Waals surface area (Å²) in [6.07, 6.45) is 8.50. The Morgan fingerprint density at radius 3 is 2.79 bits per heavy atom. The number of unbranched alkanes of at least 4 members (excludes halogenated alkanes) is 2. The van der Waals surface area contributed by atoms with Crippen LogP contribution in [0.15, 0.2) is 36.4 Å². The summed E-state index contributed by atoms with van der Waals surface area (Å²) in [5.41, 5.74) is 2.47. The number of para-hydroxylation sites is 1. The van der Waals surface area contributed by atoms with Crippen molar-refractivity contribution in [2.75, 3.05) is 7.11 Å². The van der Waals surface area contributed by atoms with Crippen molar-refractivity contribution in [2.45, 2.75) is 89.8 Å². The van der Waals surface area contributed by atoms with E-state index in [1.807, 2.05) is 56.3 Å². The van der Waals surface area contributed by atoms with Gasteiger partial charge in [0.25, 0.3) is 0 Å². The van der Waals surface area contributed by atoms with Gasteiger partial charge in [-0.1, -0.05) is 50.5 Å². The number of hydrogen-bond acceptors (Lipinski definition) is 6. The molecule has 1 aliphatic rings. The summed E-state index contributed by atoms with van der Waals surface area (Å²) in [7, 11) is 1.40. The van der Waals surface area contributed by atoms with Crippen LogP contribution in [-0.2, 0) is 19.0 Å². The predicted octanol–water partition coefficient (Wildman–Crippen LogP) is 5.73. The lowest BCUT2D eigenvalue weighted by atomic mass is 9.98. The van der Waals surface area contributed by atoms with Crippen LogP contribution in [0, 0.1) is 0 Å². The lowest BCUT2D eigenvalue weighted by Crippen LogP contribution is -2.21. The summed E-state index contributed by atoms with van der Waals surface area (Å²) in [6.45, 7) is 5.95. The Balaban J connectivity index is 1.82. The third kappa shape index (κ3) is 7.10. The van der Waals surface area contributed by atoms with Gasteiger partial charge in [-0.2, -0.15) is 0 Å². The minimum atomic E-state index is -0.704. The molecule has 1 aliphatic heterocycles. The Labute approximate surface area is 197 Å². The maximum atomic E-state index is 11.5. The summed E-state index contributed by atoms with van der Waals surface area (Å²) in [4.78, 5) is 16.3. The molecule has 0 radical (unpaired) electrons. The van der Waals surface area contributed by atoms with Crippen LogP contribution in [-0.4, -0.2) is 41.2 Å². The summed E-state index contributed by atoms with van der Waals surface area (Å²) in [6, 6.07) is 9.99. The Kier molecular flexibility index (Phi) is 9.01. The third-order valence-electron chi connectivity index (χ3n) is 5.99. The molecule has 0 saturated carbocycles.